The van der Waals surface area contributed by atoms with E-state index in [4.69, 9.17) is 4.74 Å². The van der Waals surface area contributed by atoms with Gasteiger partial charge in [0.1, 0.15) is 11.6 Å². The number of carbonyl (C=O) groups excluding carboxylic acids is 3. The van der Waals surface area contributed by atoms with Gasteiger partial charge in [0.05, 0.1) is 24.3 Å². The van der Waals surface area contributed by atoms with Gasteiger partial charge >= 0.3 is 0 Å². The van der Waals surface area contributed by atoms with Gasteiger partial charge in [-0.05, 0) is 30.7 Å². The molecular formula is C24H26FN3O4. The lowest BCUT2D eigenvalue weighted by molar-refractivity contribution is -0.135. The van der Waals surface area contributed by atoms with Crippen molar-refractivity contribution in [3.63, 3.8) is 0 Å². The maximum atomic E-state index is 14.1. The van der Waals surface area contributed by atoms with Crippen LogP contribution >= 0.6 is 0 Å². The van der Waals surface area contributed by atoms with Crippen LogP contribution in [0.25, 0.3) is 0 Å². The first kappa shape index (κ1) is 21.8. The summed E-state index contributed by atoms with van der Waals surface area (Å²) >= 11 is 0. The number of carbonyl (C=O) groups is 3. The summed E-state index contributed by atoms with van der Waals surface area (Å²) in [7, 11) is 1.53. The molecule has 0 saturated carbocycles. The standard InChI is InChI=1S/C24H26FN3O4/c1-32-21-10-5-2-7-18(21)24(31)27-12-6-11-26(13-14-27)23(30)17-15-22(29)28(16-17)20-9-4-3-8-19(20)25/h2-5,7-10,17H,6,11-16H2,1H3. The predicted molar refractivity (Wildman–Crippen MR) is 117 cm³/mol. The molecule has 0 bridgehead atoms. The van der Waals surface area contributed by atoms with E-state index >= 15 is 0 Å². The summed E-state index contributed by atoms with van der Waals surface area (Å²) in [5, 5.41) is 0. The van der Waals surface area contributed by atoms with Crippen LogP contribution in [0.2, 0.25) is 0 Å². The Morgan fingerprint density at radius 2 is 1.66 bits per heavy atom. The number of methoxy groups -OCH3 is 1. The first-order chi connectivity index (χ1) is 15.5. The van der Waals surface area contributed by atoms with Crippen molar-refractivity contribution in [3.8, 4) is 5.75 Å². The molecule has 2 heterocycles. The summed E-state index contributed by atoms with van der Waals surface area (Å²) in [6.07, 6.45) is 0.706. The zero-order valence-corrected chi connectivity index (χ0v) is 18.0. The third kappa shape index (κ3) is 4.30. The number of anilines is 1. The van der Waals surface area contributed by atoms with Gasteiger partial charge in [0.15, 0.2) is 0 Å². The normalized spacial score (nSPS) is 19.1. The molecule has 2 saturated heterocycles. The highest BCUT2D eigenvalue weighted by atomic mass is 19.1. The average Bonchev–Trinajstić information content (AvgIpc) is 3.03. The van der Waals surface area contributed by atoms with Crippen LogP contribution in [0.5, 0.6) is 5.75 Å². The summed E-state index contributed by atoms with van der Waals surface area (Å²) in [4.78, 5) is 43.4. The molecule has 3 amide bonds. The van der Waals surface area contributed by atoms with E-state index < -0.39 is 11.7 Å². The SMILES string of the molecule is COc1ccccc1C(=O)N1CCCN(C(=O)C2CC(=O)N(c3ccccc3F)C2)CC1. The van der Waals surface area contributed by atoms with Crippen LogP contribution < -0.4 is 9.64 Å². The summed E-state index contributed by atoms with van der Waals surface area (Å²) in [5.74, 6) is -0.973. The van der Waals surface area contributed by atoms with Crippen molar-refractivity contribution in [2.45, 2.75) is 12.8 Å². The molecule has 4 rings (SSSR count). The molecule has 2 fully saturated rings. The van der Waals surface area contributed by atoms with E-state index in [-0.39, 0.29) is 36.4 Å². The van der Waals surface area contributed by atoms with Gasteiger partial charge in [0.25, 0.3) is 5.91 Å². The van der Waals surface area contributed by atoms with Crippen molar-refractivity contribution in [1.29, 1.82) is 0 Å². The van der Waals surface area contributed by atoms with E-state index in [1.54, 1.807) is 46.2 Å². The Labute approximate surface area is 186 Å². The summed E-state index contributed by atoms with van der Waals surface area (Å²) in [6, 6.07) is 13.2. The summed E-state index contributed by atoms with van der Waals surface area (Å²) in [5.41, 5.74) is 0.703. The molecule has 0 spiro atoms. The molecule has 0 N–H and O–H groups in total. The third-order valence-corrected chi connectivity index (χ3v) is 6.05. The van der Waals surface area contributed by atoms with E-state index in [9.17, 15) is 18.8 Å². The molecule has 2 aliphatic heterocycles. The van der Waals surface area contributed by atoms with Gasteiger partial charge < -0.3 is 19.4 Å². The zero-order chi connectivity index (χ0) is 22.7. The Hall–Kier alpha value is -3.42. The Morgan fingerprint density at radius 1 is 0.969 bits per heavy atom. The molecule has 32 heavy (non-hydrogen) atoms. The van der Waals surface area contributed by atoms with E-state index in [0.29, 0.717) is 43.9 Å². The van der Waals surface area contributed by atoms with Crippen LogP contribution in [-0.2, 0) is 9.59 Å². The molecule has 7 nitrogen and oxygen atoms in total. The first-order valence-corrected chi connectivity index (χ1v) is 10.8. The van der Waals surface area contributed by atoms with Crippen LogP contribution in [0.4, 0.5) is 10.1 Å². The number of rotatable bonds is 4. The average molecular weight is 439 g/mol. The lowest BCUT2D eigenvalue weighted by Crippen LogP contribution is -2.40. The minimum absolute atomic E-state index is 0.0630. The van der Waals surface area contributed by atoms with Gasteiger partial charge in [-0.15, -0.1) is 0 Å². The lowest BCUT2D eigenvalue weighted by atomic mass is 10.1. The van der Waals surface area contributed by atoms with E-state index in [1.165, 1.54) is 18.1 Å². The molecule has 168 valence electrons. The molecule has 0 aliphatic carbocycles. The lowest BCUT2D eigenvalue weighted by Gasteiger charge is -2.25. The number of ether oxygens (including phenoxy) is 1. The van der Waals surface area contributed by atoms with Gasteiger partial charge in [-0.3, -0.25) is 14.4 Å². The van der Waals surface area contributed by atoms with Gasteiger partial charge in [-0.1, -0.05) is 24.3 Å². The minimum Gasteiger partial charge on any atom is -0.496 e. The van der Waals surface area contributed by atoms with Crippen molar-refractivity contribution in [3.05, 3.63) is 59.9 Å². The molecule has 0 radical (unpaired) electrons. The quantitative estimate of drug-likeness (QED) is 0.734. The second-order valence-corrected chi connectivity index (χ2v) is 8.03. The summed E-state index contributed by atoms with van der Waals surface area (Å²) < 4.78 is 19.4. The third-order valence-electron chi connectivity index (χ3n) is 6.05. The molecule has 8 heteroatoms. The highest BCUT2D eigenvalue weighted by molar-refractivity contribution is 6.00. The molecule has 2 aromatic rings. The van der Waals surface area contributed by atoms with Crippen LogP contribution in [0.3, 0.4) is 0 Å². The highest BCUT2D eigenvalue weighted by Crippen LogP contribution is 2.28. The largest absolute Gasteiger partial charge is 0.496 e. The zero-order valence-electron chi connectivity index (χ0n) is 18.0. The van der Waals surface area contributed by atoms with E-state index in [2.05, 4.69) is 0 Å². The number of para-hydroxylation sites is 2. The van der Waals surface area contributed by atoms with Crippen molar-refractivity contribution >= 4 is 23.4 Å². The smallest absolute Gasteiger partial charge is 0.257 e. The van der Waals surface area contributed by atoms with Gasteiger partial charge in [0, 0.05) is 39.1 Å². The number of amides is 3. The minimum atomic E-state index is -0.515. The fraction of sp³-hybridized carbons (Fsp3) is 0.375. The number of hydrogen-bond donors (Lipinski definition) is 0. The number of halogens is 1. The topological polar surface area (TPSA) is 70.2 Å². The molecule has 2 aliphatic rings. The van der Waals surface area contributed by atoms with Crippen LogP contribution in [0, 0.1) is 11.7 Å². The van der Waals surface area contributed by atoms with Crippen molar-refractivity contribution in [1.82, 2.24) is 9.80 Å². The van der Waals surface area contributed by atoms with Crippen molar-refractivity contribution in [2.24, 2.45) is 5.92 Å². The monoisotopic (exact) mass is 439 g/mol. The molecular weight excluding hydrogens is 413 g/mol. The fourth-order valence-corrected chi connectivity index (χ4v) is 4.37. The second-order valence-electron chi connectivity index (χ2n) is 8.03. The maximum Gasteiger partial charge on any atom is 0.257 e. The molecule has 0 aromatic heterocycles. The van der Waals surface area contributed by atoms with E-state index in [0.717, 1.165) is 0 Å². The number of hydrogen-bond acceptors (Lipinski definition) is 4. The van der Waals surface area contributed by atoms with Crippen molar-refractivity contribution in [2.75, 3.05) is 44.7 Å². The predicted octanol–water partition coefficient (Wildman–Crippen LogP) is 2.56. The number of benzene rings is 2. The summed E-state index contributed by atoms with van der Waals surface area (Å²) in [6.45, 7) is 2.01. The van der Waals surface area contributed by atoms with Crippen LogP contribution in [0.15, 0.2) is 48.5 Å². The first-order valence-electron chi connectivity index (χ1n) is 10.8. The van der Waals surface area contributed by atoms with Crippen LogP contribution in [0.1, 0.15) is 23.2 Å². The Kier molecular flexibility index (Phi) is 6.39. The molecule has 1 atom stereocenters. The number of nitrogens with zero attached hydrogens (tertiary/aromatic N) is 3. The Balaban J connectivity index is 1.40. The fourth-order valence-electron chi connectivity index (χ4n) is 4.37. The highest BCUT2D eigenvalue weighted by Gasteiger charge is 2.38. The van der Waals surface area contributed by atoms with Gasteiger partial charge in [-0.2, -0.15) is 0 Å². The van der Waals surface area contributed by atoms with Gasteiger partial charge in [0.2, 0.25) is 11.8 Å². The molecule has 2 aromatic carbocycles. The Morgan fingerprint density at radius 3 is 2.44 bits per heavy atom. The van der Waals surface area contributed by atoms with Gasteiger partial charge in [-0.25, -0.2) is 4.39 Å². The maximum absolute atomic E-state index is 14.1. The van der Waals surface area contributed by atoms with E-state index in [1.807, 2.05) is 6.07 Å². The van der Waals surface area contributed by atoms with Crippen LogP contribution in [-0.4, -0.2) is 67.4 Å². The Bertz CT molecular complexity index is 1030. The molecule has 1 unspecified atom stereocenters. The van der Waals surface area contributed by atoms with Crippen molar-refractivity contribution < 1.29 is 23.5 Å². The second kappa shape index (κ2) is 9.38.